The van der Waals surface area contributed by atoms with Crippen molar-refractivity contribution in [2.45, 2.75) is 85.0 Å². The third-order valence-corrected chi connectivity index (χ3v) is 10.7. The Bertz CT molecular complexity index is 696. The maximum Gasteiger partial charge on any atom is 0.157 e. The number of hydrogen-bond donors (Lipinski definition) is 2. The molecular formula is C27H47N3O2. The number of ketones is 1. The van der Waals surface area contributed by atoms with Gasteiger partial charge in [0.15, 0.2) is 5.78 Å². The molecule has 8 atom stereocenters. The van der Waals surface area contributed by atoms with Crippen molar-refractivity contribution in [3.63, 3.8) is 0 Å². The summed E-state index contributed by atoms with van der Waals surface area (Å²) in [6.07, 6.45) is 16.0. The number of nitrogens with two attached hydrogens (primary N) is 2. The molecule has 4 rings (SSSR count). The van der Waals surface area contributed by atoms with E-state index < -0.39 is 0 Å². The van der Waals surface area contributed by atoms with Crippen LogP contribution in [0.3, 0.4) is 0 Å². The topological polar surface area (TPSA) is 81.6 Å². The van der Waals surface area contributed by atoms with Gasteiger partial charge in [0.05, 0.1) is 6.54 Å². The van der Waals surface area contributed by atoms with Gasteiger partial charge in [0.25, 0.3) is 0 Å². The first-order valence-electron chi connectivity index (χ1n) is 13.4. The van der Waals surface area contributed by atoms with E-state index in [-0.39, 0.29) is 17.9 Å². The van der Waals surface area contributed by atoms with Gasteiger partial charge in [-0.1, -0.05) is 13.8 Å². The van der Waals surface area contributed by atoms with Crippen LogP contribution in [0.15, 0.2) is 12.4 Å². The predicted octanol–water partition coefficient (Wildman–Crippen LogP) is 4.86. The van der Waals surface area contributed by atoms with Crippen molar-refractivity contribution in [2.75, 3.05) is 19.8 Å². The molecule has 0 heterocycles. The Hall–Kier alpha value is -1.07. The number of hydrogen-bond acceptors (Lipinski definition) is 5. The molecule has 0 aromatic heterocycles. The van der Waals surface area contributed by atoms with E-state index in [1.54, 1.807) is 6.20 Å². The lowest BCUT2D eigenvalue weighted by Gasteiger charge is -2.62. The maximum atomic E-state index is 13.2. The highest BCUT2D eigenvalue weighted by Crippen LogP contribution is 2.68. The molecule has 0 aromatic carbocycles. The second-order valence-electron chi connectivity index (χ2n) is 11.7. The fourth-order valence-corrected chi connectivity index (χ4v) is 9.27. The Balaban J connectivity index is 1.49. The van der Waals surface area contributed by atoms with E-state index in [1.807, 2.05) is 0 Å². The van der Waals surface area contributed by atoms with Crippen LogP contribution >= 0.6 is 0 Å². The summed E-state index contributed by atoms with van der Waals surface area (Å²) < 4.78 is 5.82. The van der Waals surface area contributed by atoms with Crippen molar-refractivity contribution in [2.24, 2.45) is 57.9 Å². The molecule has 8 unspecified atom stereocenters. The van der Waals surface area contributed by atoms with Gasteiger partial charge in [0.1, 0.15) is 0 Å². The number of Topliss-reactive ketones (excluding diaryl/α,β-unsaturated/α-hetero) is 1. The van der Waals surface area contributed by atoms with Gasteiger partial charge in [-0.05, 0) is 112 Å². The van der Waals surface area contributed by atoms with Gasteiger partial charge in [-0.2, -0.15) is 0 Å². The molecule has 4 saturated carbocycles. The number of rotatable bonds is 8. The number of nitrogens with zero attached hydrogens (tertiary/aromatic N) is 1. The standard InChI is InChI=1S/C27H47N3O2/c1-4-27-13-10-19(18-32-5-2)16-20(27)6-7-21-22-8-9-24(25(31)17-30(29)15-14-28)26(22,3)12-11-23(21)27/h14-15,19-24H,4-13,16-18,28-29H2,1-3H3/b15-14-. The lowest BCUT2D eigenvalue weighted by Crippen LogP contribution is -2.55. The Labute approximate surface area is 195 Å². The SMILES string of the molecule is CCOCC1CCC2(CC)C(CCC3C4CCC(C(=O)CN(N)/C=C\N)C4(C)CCC32)C1. The van der Waals surface area contributed by atoms with E-state index in [1.165, 1.54) is 69.0 Å². The minimum absolute atomic E-state index is 0.152. The van der Waals surface area contributed by atoms with E-state index >= 15 is 0 Å². The van der Waals surface area contributed by atoms with E-state index in [9.17, 15) is 4.79 Å². The van der Waals surface area contributed by atoms with Gasteiger partial charge >= 0.3 is 0 Å². The van der Waals surface area contributed by atoms with Crippen LogP contribution in [-0.2, 0) is 9.53 Å². The molecule has 0 spiro atoms. The van der Waals surface area contributed by atoms with Crippen molar-refractivity contribution in [1.82, 2.24) is 5.01 Å². The van der Waals surface area contributed by atoms with E-state index in [0.29, 0.717) is 17.1 Å². The summed E-state index contributed by atoms with van der Waals surface area (Å²) in [5, 5.41) is 1.45. The average molecular weight is 446 g/mol. The largest absolute Gasteiger partial charge is 0.403 e. The normalized spacial score (nSPS) is 43.5. The molecule has 5 nitrogen and oxygen atoms in total. The summed E-state index contributed by atoms with van der Waals surface area (Å²) in [5.41, 5.74) is 6.14. The zero-order chi connectivity index (χ0) is 22.9. The molecule has 4 N–H and O–H groups in total. The molecular weight excluding hydrogens is 398 g/mol. The molecule has 0 bridgehead atoms. The zero-order valence-corrected chi connectivity index (χ0v) is 20.7. The third-order valence-electron chi connectivity index (χ3n) is 10.7. The first-order valence-corrected chi connectivity index (χ1v) is 13.4. The number of fused-ring (bicyclic) bond motifs is 5. The highest BCUT2D eigenvalue weighted by Gasteiger charge is 2.61. The van der Waals surface area contributed by atoms with E-state index in [2.05, 4.69) is 20.8 Å². The zero-order valence-electron chi connectivity index (χ0n) is 20.7. The lowest BCUT2D eigenvalue weighted by atomic mass is 9.43. The summed E-state index contributed by atoms with van der Waals surface area (Å²) in [6.45, 7) is 9.10. The fourth-order valence-electron chi connectivity index (χ4n) is 9.27. The predicted molar refractivity (Wildman–Crippen MR) is 129 cm³/mol. The molecule has 5 heteroatoms. The summed E-state index contributed by atoms with van der Waals surface area (Å²) in [5.74, 6) is 10.4. The lowest BCUT2D eigenvalue weighted by molar-refractivity contribution is -0.143. The molecule has 32 heavy (non-hydrogen) atoms. The van der Waals surface area contributed by atoms with Crippen LogP contribution in [0.2, 0.25) is 0 Å². The van der Waals surface area contributed by atoms with Gasteiger partial charge in [0.2, 0.25) is 0 Å². The van der Waals surface area contributed by atoms with Gasteiger partial charge in [-0.3, -0.25) is 4.79 Å². The Morgan fingerprint density at radius 1 is 1.09 bits per heavy atom. The Morgan fingerprint density at radius 2 is 1.91 bits per heavy atom. The highest BCUT2D eigenvalue weighted by molar-refractivity contribution is 5.84. The Kier molecular flexibility index (Phi) is 7.26. The maximum absolute atomic E-state index is 13.2. The summed E-state index contributed by atoms with van der Waals surface area (Å²) >= 11 is 0. The number of carbonyl (C=O) groups excluding carboxylic acids is 1. The van der Waals surface area contributed by atoms with Crippen LogP contribution in [0, 0.1) is 46.3 Å². The van der Waals surface area contributed by atoms with E-state index in [0.717, 1.165) is 43.3 Å². The number of carbonyl (C=O) groups is 1. The second-order valence-corrected chi connectivity index (χ2v) is 11.7. The second kappa shape index (κ2) is 9.66. The minimum atomic E-state index is 0.152. The van der Waals surface area contributed by atoms with Crippen LogP contribution in [0.25, 0.3) is 0 Å². The minimum Gasteiger partial charge on any atom is -0.403 e. The number of ether oxygens (including phenoxy) is 1. The van der Waals surface area contributed by atoms with Crippen LogP contribution in [0.4, 0.5) is 0 Å². The van der Waals surface area contributed by atoms with E-state index in [4.69, 9.17) is 16.3 Å². The van der Waals surface area contributed by atoms with Crippen LogP contribution < -0.4 is 11.6 Å². The molecule has 0 saturated heterocycles. The van der Waals surface area contributed by atoms with Gasteiger partial charge < -0.3 is 15.5 Å². The number of hydrazine groups is 1. The Morgan fingerprint density at radius 3 is 2.62 bits per heavy atom. The van der Waals surface area contributed by atoms with Crippen molar-refractivity contribution < 1.29 is 9.53 Å². The first kappa shape index (κ1) is 24.1. The summed E-state index contributed by atoms with van der Waals surface area (Å²) in [4.78, 5) is 13.2. The molecule has 0 radical (unpaired) electrons. The smallest absolute Gasteiger partial charge is 0.157 e. The third kappa shape index (κ3) is 4.02. The summed E-state index contributed by atoms with van der Waals surface area (Å²) in [6, 6.07) is 0. The molecule has 182 valence electrons. The van der Waals surface area contributed by atoms with Crippen molar-refractivity contribution in [3.05, 3.63) is 12.4 Å². The van der Waals surface area contributed by atoms with Crippen LogP contribution in [-0.4, -0.2) is 30.6 Å². The van der Waals surface area contributed by atoms with Gasteiger partial charge in [0, 0.05) is 31.5 Å². The monoisotopic (exact) mass is 445 g/mol. The molecule has 4 aliphatic rings. The molecule has 0 aliphatic heterocycles. The van der Waals surface area contributed by atoms with Crippen molar-refractivity contribution in [1.29, 1.82) is 0 Å². The van der Waals surface area contributed by atoms with Gasteiger partial charge in [-0.25, -0.2) is 5.84 Å². The quantitative estimate of drug-likeness (QED) is 0.412. The van der Waals surface area contributed by atoms with Crippen molar-refractivity contribution >= 4 is 5.78 Å². The summed E-state index contributed by atoms with van der Waals surface area (Å²) in [7, 11) is 0. The highest BCUT2D eigenvalue weighted by atomic mass is 16.5. The van der Waals surface area contributed by atoms with Crippen LogP contribution in [0.1, 0.15) is 85.0 Å². The molecule has 4 aliphatic carbocycles. The van der Waals surface area contributed by atoms with Crippen molar-refractivity contribution in [3.8, 4) is 0 Å². The first-order chi connectivity index (χ1) is 15.4. The average Bonchev–Trinajstić information content (AvgIpc) is 3.14. The molecule has 0 amide bonds. The molecule has 0 aromatic rings. The van der Waals surface area contributed by atoms with Gasteiger partial charge in [-0.15, -0.1) is 0 Å². The van der Waals surface area contributed by atoms with Crippen LogP contribution in [0.5, 0.6) is 0 Å². The fraction of sp³-hybridized carbons (Fsp3) is 0.889. The molecule has 4 fully saturated rings.